The molecule has 0 radical (unpaired) electrons. The van der Waals surface area contributed by atoms with Crippen molar-refractivity contribution in [2.75, 3.05) is 20.3 Å². The Morgan fingerprint density at radius 1 is 1.14 bits per heavy atom. The number of halogens is 1. The van der Waals surface area contributed by atoms with Gasteiger partial charge in [-0.1, -0.05) is 12.1 Å². The molecule has 152 valence electrons. The number of hydrogen-bond donors (Lipinski definition) is 2. The number of esters is 1. The molecule has 0 saturated carbocycles. The molecular weight excluding hydrogens is 387 g/mol. The number of ether oxygens (including phenoxy) is 4. The molecule has 2 aromatic carbocycles. The van der Waals surface area contributed by atoms with E-state index >= 15 is 0 Å². The van der Waals surface area contributed by atoms with Crippen molar-refractivity contribution in [2.24, 2.45) is 0 Å². The monoisotopic (exact) mass is 404 g/mol. The average Bonchev–Trinajstić information content (AvgIpc) is 2.75. The van der Waals surface area contributed by atoms with Crippen LogP contribution < -0.4 is 25.1 Å². The Hall–Kier alpha value is -3.82. The van der Waals surface area contributed by atoms with Crippen molar-refractivity contribution in [2.45, 2.75) is 6.10 Å². The van der Waals surface area contributed by atoms with Gasteiger partial charge in [0.1, 0.15) is 6.61 Å². The number of hydrazine groups is 1. The van der Waals surface area contributed by atoms with Crippen molar-refractivity contribution in [1.82, 2.24) is 10.9 Å². The van der Waals surface area contributed by atoms with Crippen LogP contribution in [0, 0.1) is 5.82 Å². The third kappa shape index (κ3) is 4.92. The number of rotatable bonds is 5. The first-order valence-electron chi connectivity index (χ1n) is 8.46. The van der Waals surface area contributed by atoms with Crippen molar-refractivity contribution in [1.29, 1.82) is 0 Å². The highest BCUT2D eigenvalue weighted by atomic mass is 19.1. The maximum Gasteiger partial charge on any atom is 0.338 e. The van der Waals surface area contributed by atoms with Crippen LogP contribution in [0.25, 0.3) is 0 Å². The molecule has 2 N–H and O–H groups in total. The molecule has 2 amide bonds. The first-order chi connectivity index (χ1) is 14.0. The third-order valence-corrected chi connectivity index (χ3v) is 3.85. The van der Waals surface area contributed by atoms with E-state index in [1.165, 1.54) is 19.2 Å². The second-order valence-electron chi connectivity index (χ2n) is 5.83. The van der Waals surface area contributed by atoms with E-state index in [2.05, 4.69) is 10.9 Å². The van der Waals surface area contributed by atoms with Gasteiger partial charge in [0, 0.05) is 0 Å². The van der Waals surface area contributed by atoms with Crippen molar-refractivity contribution < 1.29 is 37.7 Å². The summed E-state index contributed by atoms with van der Waals surface area (Å²) in [6.45, 7) is -0.714. The van der Waals surface area contributed by atoms with Gasteiger partial charge in [0.2, 0.25) is 6.10 Å². The summed E-state index contributed by atoms with van der Waals surface area (Å²) < 4.78 is 34.0. The van der Waals surface area contributed by atoms with Gasteiger partial charge in [-0.3, -0.25) is 20.4 Å². The van der Waals surface area contributed by atoms with E-state index in [0.29, 0.717) is 11.5 Å². The molecule has 29 heavy (non-hydrogen) atoms. The van der Waals surface area contributed by atoms with Gasteiger partial charge >= 0.3 is 5.97 Å². The van der Waals surface area contributed by atoms with E-state index in [-0.39, 0.29) is 17.9 Å². The Kier molecular flexibility index (Phi) is 6.12. The van der Waals surface area contributed by atoms with E-state index in [1.54, 1.807) is 24.3 Å². The topological polar surface area (TPSA) is 112 Å². The van der Waals surface area contributed by atoms with Crippen LogP contribution in [0.2, 0.25) is 0 Å². The summed E-state index contributed by atoms with van der Waals surface area (Å²) in [4.78, 5) is 35.7. The van der Waals surface area contributed by atoms with Crippen LogP contribution in [0.15, 0.2) is 42.5 Å². The molecule has 3 rings (SSSR count). The summed E-state index contributed by atoms with van der Waals surface area (Å²) in [5.41, 5.74) is 4.16. The Morgan fingerprint density at radius 3 is 2.62 bits per heavy atom. The van der Waals surface area contributed by atoms with Crippen LogP contribution >= 0.6 is 0 Å². The number of hydrogen-bond acceptors (Lipinski definition) is 7. The summed E-state index contributed by atoms with van der Waals surface area (Å²) in [6, 6.07) is 10.3. The zero-order valence-corrected chi connectivity index (χ0v) is 15.3. The Balaban J connectivity index is 1.43. The van der Waals surface area contributed by atoms with Crippen LogP contribution in [0.5, 0.6) is 17.2 Å². The second kappa shape index (κ2) is 8.91. The molecule has 0 spiro atoms. The highest BCUT2D eigenvalue weighted by Crippen LogP contribution is 2.30. The van der Waals surface area contributed by atoms with Gasteiger partial charge in [0.05, 0.1) is 12.7 Å². The number of nitrogens with one attached hydrogen (secondary N) is 2. The molecule has 9 nitrogen and oxygen atoms in total. The molecule has 0 fully saturated rings. The van der Waals surface area contributed by atoms with Gasteiger partial charge in [0.25, 0.3) is 11.8 Å². The normalized spacial score (nSPS) is 14.5. The summed E-state index contributed by atoms with van der Waals surface area (Å²) in [6.07, 6.45) is -0.963. The Labute approximate surface area is 164 Å². The summed E-state index contributed by atoms with van der Waals surface area (Å²) in [7, 11) is 1.29. The van der Waals surface area contributed by atoms with Crippen molar-refractivity contribution in [3.05, 3.63) is 53.8 Å². The fourth-order valence-electron chi connectivity index (χ4n) is 2.40. The minimum Gasteiger partial charge on any atom is -0.494 e. The lowest BCUT2D eigenvalue weighted by Crippen LogP contribution is -2.51. The molecule has 0 unspecified atom stereocenters. The standard InChI is InChI=1S/C19H17FN2O7/c1-26-13-7-6-11(8-12(13)20)19(25)28-10-17(23)21-22-18(24)16-9-27-14-4-2-3-5-15(14)29-16/h2-8,16H,9-10H2,1H3,(H,21,23)(H,22,24)/t16-/m1/s1. The predicted molar refractivity (Wildman–Crippen MR) is 95.9 cm³/mol. The van der Waals surface area contributed by atoms with Gasteiger partial charge in [-0.2, -0.15) is 0 Å². The highest BCUT2D eigenvalue weighted by molar-refractivity contribution is 5.92. The van der Waals surface area contributed by atoms with Crippen LogP contribution in [0.4, 0.5) is 4.39 Å². The first-order valence-corrected chi connectivity index (χ1v) is 8.46. The van der Waals surface area contributed by atoms with Gasteiger partial charge in [-0.25, -0.2) is 9.18 Å². The lowest BCUT2D eigenvalue weighted by atomic mass is 10.2. The first kappa shape index (κ1) is 19.9. The number of carbonyl (C=O) groups excluding carboxylic acids is 3. The van der Waals surface area contributed by atoms with Gasteiger partial charge < -0.3 is 18.9 Å². The summed E-state index contributed by atoms with van der Waals surface area (Å²) >= 11 is 0. The van der Waals surface area contributed by atoms with E-state index in [0.717, 1.165) is 6.07 Å². The molecule has 2 aromatic rings. The van der Waals surface area contributed by atoms with Gasteiger partial charge in [-0.05, 0) is 30.3 Å². The molecule has 0 aromatic heterocycles. The van der Waals surface area contributed by atoms with E-state index in [9.17, 15) is 18.8 Å². The molecule has 1 aliphatic rings. The number of amides is 2. The van der Waals surface area contributed by atoms with Crippen molar-refractivity contribution >= 4 is 17.8 Å². The van der Waals surface area contributed by atoms with Crippen LogP contribution in [0.1, 0.15) is 10.4 Å². The van der Waals surface area contributed by atoms with E-state index < -0.39 is 36.3 Å². The fourth-order valence-corrected chi connectivity index (χ4v) is 2.40. The highest BCUT2D eigenvalue weighted by Gasteiger charge is 2.27. The third-order valence-electron chi connectivity index (χ3n) is 3.85. The van der Waals surface area contributed by atoms with E-state index in [4.69, 9.17) is 18.9 Å². The average molecular weight is 404 g/mol. The zero-order chi connectivity index (χ0) is 20.8. The molecule has 1 atom stereocenters. The van der Waals surface area contributed by atoms with Crippen LogP contribution in [-0.2, 0) is 14.3 Å². The molecule has 1 aliphatic heterocycles. The van der Waals surface area contributed by atoms with Crippen molar-refractivity contribution in [3.63, 3.8) is 0 Å². The maximum atomic E-state index is 13.6. The molecule has 10 heteroatoms. The molecular formula is C19H17FN2O7. The molecule has 0 bridgehead atoms. The molecule has 0 saturated heterocycles. The number of para-hydroxylation sites is 2. The summed E-state index contributed by atoms with van der Waals surface area (Å²) in [5, 5.41) is 0. The number of carbonyl (C=O) groups is 3. The lowest BCUT2D eigenvalue weighted by Gasteiger charge is -2.25. The molecule has 1 heterocycles. The van der Waals surface area contributed by atoms with Crippen LogP contribution in [-0.4, -0.2) is 44.2 Å². The Bertz CT molecular complexity index is 935. The predicted octanol–water partition coefficient (Wildman–Crippen LogP) is 0.979. The van der Waals surface area contributed by atoms with E-state index in [1.807, 2.05) is 0 Å². The number of methoxy groups -OCH3 is 1. The summed E-state index contributed by atoms with van der Waals surface area (Å²) in [5.74, 6) is -2.19. The Morgan fingerprint density at radius 2 is 1.90 bits per heavy atom. The number of fused-ring (bicyclic) bond motifs is 1. The van der Waals surface area contributed by atoms with Crippen LogP contribution in [0.3, 0.4) is 0 Å². The van der Waals surface area contributed by atoms with Gasteiger partial charge in [0.15, 0.2) is 29.7 Å². The van der Waals surface area contributed by atoms with Crippen molar-refractivity contribution in [3.8, 4) is 17.2 Å². The second-order valence-corrected chi connectivity index (χ2v) is 5.83. The quantitative estimate of drug-likeness (QED) is 0.564. The number of benzene rings is 2. The SMILES string of the molecule is COc1ccc(C(=O)OCC(=O)NNC(=O)[C@H]2COc3ccccc3O2)cc1F. The fraction of sp³-hybridized carbons (Fsp3) is 0.211. The largest absolute Gasteiger partial charge is 0.494 e. The maximum absolute atomic E-state index is 13.6. The molecule has 0 aliphatic carbocycles. The smallest absolute Gasteiger partial charge is 0.338 e. The minimum absolute atomic E-state index is 0.0291. The van der Waals surface area contributed by atoms with Gasteiger partial charge in [-0.15, -0.1) is 0 Å². The minimum atomic E-state index is -0.963. The zero-order valence-electron chi connectivity index (χ0n) is 15.3. The lowest BCUT2D eigenvalue weighted by molar-refractivity contribution is -0.135.